The van der Waals surface area contributed by atoms with E-state index >= 15 is 0 Å². The zero-order chi connectivity index (χ0) is 15.8. The van der Waals surface area contributed by atoms with Crippen LogP contribution in [0.25, 0.3) is 0 Å². The summed E-state index contributed by atoms with van der Waals surface area (Å²) in [6.45, 7) is 2.77. The maximum atomic E-state index is 11.6. The quantitative estimate of drug-likeness (QED) is 0.441. The summed E-state index contributed by atoms with van der Waals surface area (Å²) in [4.78, 5) is 23.1. The van der Waals surface area contributed by atoms with Crippen molar-refractivity contribution in [2.75, 3.05) is 12.4 Å². The first kappa shape index (κ1) is 17.8. The number of carbonyl (C=O) groups excluding carboxylic acids is 2. The molecule has 4 heteroatoms. The molecule has 3 atom stereocenters. The van der Waals surface area contributed by atoms with Crippen molar-refractivity contribution in [1.29, 1.82) is 0 Å². The van der Waals surface area contributed by atoms with Gasteiger partial charge in [0.15, 0.2) is 0 Å². The Labute approximate surface area is 138 Å². The van der Waals surface area contributed by atoms with Gasteiger partial charge in [0.25, 0.3) is 0 Å². The van der Waals surface area contributed by atoms with Crippen molar-refractivity contribution in [3.63, 3.8) is 0 Å². The van der Waals surface area contributed by atoms with E-state index in [2.05, 4.69) is 6.92 Å². The number of hydrogen-bond acceptors (Lipinski definition) is 4. The zero-order valence-electron chi connectivity index (χ0n) is 13.9. The van der Waals surface area contributed by atoms with Gasteiger partial charge in [-0.15, -0.1) is 0 Å². The summed E-state index contributed by atoms with van der Waals surface area (Å²) in [7, 11) is 0. The van der Waals surface area contributed by atoms with E-state index in [0.717, 1.165) is 44.9 Å². The van der Waals surface area contributed by atoms with Gasteiger partial charge in [-0.2, -0.15) is 11.8 Å². The van der Waals surface area contributed by atoms with Crippen LogP contribution in [-0.4, -0.2) is 29.4 Å². The van der Waals surface area contributed by atoms with E-state index in [1.54, 1.807) is 0 Å². The number of hydrogen-bond donors (Lipinski definition) is 0. The van der Waals surface area contributed by atoms with Crippen LogP contribution >= 0.6 is 11.8 Å². The van der Waals surface area contributed by atoms with E-state index in [1.165, 1.54) is 18.6 Å². The van der Waals surface area contributed by atoms with Crippen LogP contribution in [0, 0.1) is 11.8 Å². The maximum absolute atomic E-state index is 11.6. The van der Waals surface area contributed by atoms with Crippen LogP contribution < -0.4 is 0 Å². The van der Waals surface area contributed by atoms with Crippen LogP contribution in [-0.2, 0) is 14.3 Å². The molecule has 2 aliphatic rings. The third-order valence-electron chi connectivity index (χ3n) is 4.94. The molecule has 3 nitrogen and oxygen atoms in total. The Balaban J connectivity index is 1.49. The molecule has 0 amide bonds. The first-order valence-corrected chi connectivity index (χ1v) is 10.0. The minimum absolute atomic E-state index is 0.0375. The number of fused-ring (bicyclic) bond motifs is 1. The molecule has 1 aliphatic heterocycles. The molecular formula is C18H30O3S. The molecule has 0 aromatic rings. The second kappa shape index (κ2) is 9.59. The van der Waals surface area contributed by atoms with Gasteiger partial charge in [0, 0.05) is 24.5 Å². The lowest BCUT2D eigenvalue weighted by Gasteiger charge is -2.16. The van der Waals surface area contributed by atoms with E-state index in [9.17, 15) is 9.59 Å². The highest BCUT2D eigenvalue weighted by molar-refractivity contribution is 8.00. The van der Waals surface area contributed by atoms with E-state index < -0.39 is 0 Å². The third kappa shape index (κ3) is 5.60. The predicted octanol–water partition coefficient (Wildman–Crippen LogP) is 4.38. The molecule has 0 aromatic heterocycles. The second-order valence-electron chi connectivity index (χ2n) is 6.77. The van der Waals surface area contributed by atoms with Crippen molar-refractivity contribution in [2.45, 2.75) is 76.4 Å². The number of ether oxygens (including phenoxy) is 1. The number of Topliss-reactive ketones (excluding diaryl/α,β-unsaturated/α-hetero) is 1. The molecule has 3 unspecified atom stereocenters. The molecule has 0 radical (unpaired) electrons. The molecule has 1 heterocycles. The summed E-state index contributed by atoms with van der Waals surface area (Å²) in [5, 5.41) is 0.654. The van der Waals surface area contributed by atoms with E-state index in [0.29, 0.717) is 35.9 Å². The number of ketones is 1. The lowest BCUT2D eigenvalue weighted by molar-refractivity contribution is -0.143. The topological polar surface area (TPSA) is 43.4 Å². The standard InChI is InChI=1S/C18H30O3S/c1-2-3-4-7-10-21-18(20)9-6-5-8-17-16-12-15(19)11-14(16)13-22-17/h14,16-17H,2-13H2,1H3. The molecule has 1 aliphatic carbocycles. The van der Waals surface area contributed by atoms with Crippen LogP contribution in [0.1, 0.15) is 71.1 Å². The molecule has 2 rings (SSSR count). The molecule has 22 heavy (non-hydrogen) atoms. The highest BCUT2D eigenvalue weighted by atomic mass is 32.2. The van der Waals surface area contributed by atoms with Crippen molar-refractivity contribution < 1.29 is 14.3 Å². The summed E-state index contributed by atoms with van der Waals surface area (Å²) in [5.41, 5.74) is 0. The van der Waals surface area contributed by atoms with Gasteiger partial charge in [-0.1, -0.05) is 32.6 Å². The normalized spacial score (nSPS) is 27.1. The number of unbranched alkanes of at least 4 members (excludes halogenated alkanes) is 4. The Morgan fingerprint density at radius 3 is 2.86 bits per heavy atom. The van der Waals surface area contributed by atoms with Crippen molar-refractivity contribution in [1.82, 2.24) is 0 Å². The molecule has 2 fully saturated rings. The summed E-state index contributed by atoms with van der Waals surface area (Å²) in [6.07, 6.45) is 9.93. The van der Waals surface area contributed by atoms with Crippen LogP contribution in [0.5, 0.6) is 0 Å². The fourth-order valence-electron chi connectivity index (χ4n) is 3.64. The molecular weight excluding hydrogens is 296 g/mol. The van der Waals surface area contributed by atoms with Gasteiger partial charge in [0.05, 0.1) is 6.61 Å². The Kier molecular flexibility index (Phi) is 7.77. The number of esters is 1. The van der Waals surface area contributed by atoms with Gasteiger partial charge < -0.3 is 4.74 Å². The Hall–Kier alpha value is -0.510. The van der Waals surface area contributed by atoms with Gasteiger partial charge in [-0.3, -0.25) is 9.59 Å². The fourth-order valence-corrected chi connectivity index (χ4v) is 5.40. The maximum Gasteiger partial charge on any atom is 0.305 e. The van der Waals surface area contributed by atoms with Gasteiger partial charge in [0.2, 0.25) is 0 Å². The first-order chi connectivity index (χ1) is 10.7. The Bertz CT molecular complexity index is 369. The monoisotopic (exact) mass is 326 g/mol. The third-order valence-corrected chi connectivity index (χ3v) is 6.58. The van der Waals surface area contributed by atoms with Gasteiger partial charge in [-0.25, -0.2) is 0 Å². The fraction of sp³-hybridized carbons (Fsp3) is 0.889. The Morgan fingerprint density at radius 1 is 1.18 bits per heavy atom. The first-order valence-electron chi connectivity index (χ1n) is 8.99. The average Bonchev–Trinajstić information content (AvgIpc) is 3.03. The number of rotatable bonds is 10. The number of thioether (sulfide) groups is 1. The van der Waals surface area contributed by atoms with E-state index in [-0.39, 0.29) is 5.97 Å². The highest BCUT2D eigenvalue weighted by Gasteiger charge is 2.42. The molecule has 1 saturated heterocycles. The van der Waals surface area contributed by atoms with Gasteiger partial charge in [-0.05, 0) is 36.9 Å². The van der Waals surface area contributed by atoms with Crippen molar-refractivity contribution in [3.05, 3.63) is 0 Å². The summed E-state index contributed by atoms with van der Waals surface area (Å²) in [5.74, 6) is 2.87. The predicted molar refractivity (Wildman–Crippen MR) is 91.0 cm³/mol. The van der Waals surface area contributed by atoms with E-state index in [1.807, 2.05) is 11.8 Å². The van der Waals surface area contributed by atoms with Gasteiger partial charge in [0.1, 0.15) is 5.78 Å². The molecule has 0 N–H and O–H groups in total. The SMILES string of the molecule is CCCCCCOC(=O)CCCCC1SCC2CC(=O)CC21. The smallest absolute Gasteiger partial charge is 0.305 e. The second-order valence-corrected chi connectivity index (χ2v) is 8.04. The summed E-state index contributed by atoms with van der Waals surface area (Å²) < 4.78 is 5.26. The van der Waals surface area contributed by atoms with Crippen LogP contribution in [0.15, 0.2) is 0 Å². The van der Waals surface area contributed by atoms with E-state index in [4.69, 9.17) is 4.74 Å². The molecule has 0 aromatic carbocycles. The van der Waals surface area contributed by atoms with Crippen LogP contribution in [0.4, 0.5) is 0 Å². The lowest BCUT2D eigenvalue weighted by Crippen LogP contribution is -2.14. The summed E-state index contributed by atoms with van der Waals surface area (Å²) in [6, 6.07) is 0. The zero-order valence-corrected chi connectivity index (χ0v) is 14.7. The number of carbonyl (C=O) groups is 2. The molecule has 1 saturated carbocycles. The molecule has 0 bridgehead atoms. The molecule has 126 valence electrons. The molecule has 0 spiro atoms. The van der Waals surface area contributed by atoms with Crippen molar-refractivity contribution in [3.8, 4) is 0 Å². The van der Waals surface area contributed by atoms with Crippen LogP contribution in [0.2, 0.25) is 0 Å². The van der Waals surface area contributed by atoms with Crippen molar-refractivity contribution >= 4 is 23.5 Å². The van der Waals surface area contributed by atoms with Gasteiger partial charge >= 0.3 is 5.97 Å². The Morgan fingerprint density at radius 2 is 2.05 bits per heavy atom. The summed E-state index contributed by atoms with van der Waals surface area (Å²) >= 11 is 2.05. The largest absolute Gasteiger partial charge is 0.466 e. The highest BCUT2D eigenvalue weighted by Crippen LogP contribution is 2.47. The minimum atomic E-state index is -0.0375. The van der Waals surface area contributed by atoms with Crippen LogP contribution in [0.3, 0.4) is 0 Å². The lowest BCUT2D eigenvalue weighted by atomic mass is 9.92. The van der Waals surface area contributed by atoms with Crippen molar-refractivity contribution in [2.24, 2.45) is 11.8 Å². The minimum Gasteiger partial charge on any atom is -0.466 e. The average molecular weight is 327 g/mol.